The fourth-order valence-electron chi connectivity index (χ4n) is 3.61. The summed E-state index contributed by atoms with van der Waals surface area (Å²) >= 11 is 5.58. The molecule has 148 valence electrons. The van der Waals surface area contributed by atoms with E-state index in [-0.39, 0.29) is 17.8 Å². The molecular formula is C21H20N4O3S. The molecule has 0 spiro atoms. The summed E-state index contributed by atoms with van der Waals surface area (Å²) in [6.45, 7) is 2.91. The van der Waals surface area contributed by atoms with Crippen LogP contribution in [0.15, 0.2) is 65.2 Å². The van der Waals surface area contributed by atoms with Crippen LogP contribution in [0, 0.1) is 10.1 Å². The van der Waals surface area contributed by atoms with Crippen molar-refractivity contribution in [1.82, 2.24) is 15.2 Å². The van der Waals surface area contributed by atoms with E-state index in [1.54, 1.807) is 18.3 Å². The predicted octanol–water partition coefficient (Wildman–Crippen LogP) is 4.63. The van der Waals surface area contributed by atoms with E-state index in [2.05, 4.69) is 22.1 Å². The topological polar surface area (TPSA) is 84.4 Å². The third kappa shape index (κ3) is 3.71. The Bertz CT molecular complexity index is 1020. The van der Waals surface area contributed by atoms with Crippen LogP contribution in [0.2, 0.25) is 0 Å². The minimum atomic E-state index is -0.414. The molecule has 1 aliphatic rings. The van der Waals surface area contributed by atoms with E-state index >= 15 is 0 Å². The van der Waals surface area contributed by atoms with Gasteiger partial charge in [0.25, 0.3) is 5.69 Å². The summed E-state index contributed by atoms with van der Waals surface area (Å²) < 4.78 is 6.19. The Kier molecular flexibility index (Phi) is 5.26. The zero-order valence-electron chi connectivity index (χ0n) is 15.8. The number of aromatic nitrogens is 1. The second-order valence-electron chi connectivity index (χ2n) is 6.83. The molecule has 29 heavy (non-hydrogen) atoms. The molecule has 0 bridgehead atoms. The molecule has 8 heteroatoms. The molecule has 0 amide bonds. The van der Waals surface area contributed by atoms with Crippen LogP contribution in [0.25, 0.3) is 11.3 Å². The van der Waals surface area contributed by atoms with Crippen LogP contribution in [-0.2, 0) is 0 Å². The van der Waals surface area contributed by atoms with Crippen molar-refractivity contribution >= 4 is 23.0 Å². The van der Waals surface area contributed by atoms with Gasteiger partial charge in [-0.15, -0.1) is 0 Å². The minimum absolute atomic E-state index is 0.0511. The van der Waals surface area contributed by atoms with Crippen LogP contribution in [0.4, 0.5) is 5.69 Å². The molecule has 0 radical (unpaired) electrons. The van der Waals surface area contributed by atoms with Gasteiger partial charge in [-0.05, 0) is 55.0 Å². The average molecular weight is 408 g/mol. The van der Waals surface area contributed by atoms with E-state index in [1.165, 1.54) is 12.1 Å². The summed E-state index contributed by atoms with van der Waals surface area (Å²) in [6.07, 6.45) is 2.72. The lowest BCUT2D eigenvalue weighted by Crippen LogP contribution is -2.30. The first-order valence-corrected chi connectivity index (χ1v) is 9.82. The monoisotopic (exact) mass is 408 g/mol. The fourth-order valence-corrected chi connectivity index (χ4v) is 3.94. The highest BCUT2D eigenvalue weighted by Crippen LogP contribution is 2.40. The van der Waals surface area contributed by atoms with Crippen molar-refractivity contribution in [3.05, 3.63) is 82.4 Å². The molecule has 1 saturated heterocycles. The molecule has 3 heterocycles. The van der Waals surface area contributed by atoms with Gasteiger partial charge in [-0.25, -0.2) is 0 Å². The average Bonchev–Trinajstić information content (AvgIpc) is 3.34. The first-order valence-electron chi connectivity index (χ1n) is 9.41. The summed E-state index contributed by atoms with van der Waals surface area (Å²) in [7, 11) is 0. The van der Waals surface area contributed by atoms with Gasteiger partial charge in [-0.2, -0.15) is 0 Å². The highest BCUT2D eigenvalue weighted by molar-refractivity contribution is 7.80. The maximum absolute atomic E-state index is 10.9. The number of hydrogen-bond acceptors (Lipinski definition) is 5. The molecule has 0 aliphatic carbocycles. The van der Waals surface area contributed by atoms with E-state index in [1.807, 2.05) is 30.3 Å². The number of non-ortho nitro benzene ring substituents is 1. The lowest BCUT2D eigenvalue weighted by molar-refractivity contribution is -0.384. The lowest BCUT2D eigenvalue weighted by Gasteiger charge is -2.25. The molecule has 0 saturated carbocycles. The number of nitrogens with zero attached hydrogens (tertiary/aromatic N) is 3. The van der Waals surface area contributed by atoms with E-state index in [4.69, 9.17) is 16.6 Å². The SMILES string of the molecule is CCCN1C(=S)N[C@H](c2ccccn2)[C@H]1c1ccc(-c2ccc([N+](=O)[O-])cc2)o1. The van der Waals surface area contributed by atoms with E-state index in [9.17, 15) is 10.1 Å². The molecule has 3 aromatic rings. The second kappa shape index (κ2) is 8.00. The van der Waals surface area contributed by atoms with Crippen molar-refractivity contribution in [3.63, 3.8) is 0 Å². The van der Waals surface area contributed by atoms with Crippen LogP contribution < -0.4 is 5.32 Å². The first kappa shape index (κ1) is 19.1. The predicted molar refractivity (Wildman–Crippen MR) is 113 cm³/mol. The van der Waals surface area contributed by atoms with Crippen molar-refractivity contribution in [2.75, 3.05) is 6.54 Å². The van der Waals surface area contributed by atoms with Gasteiger partial charge in [0.15, 0.2) is 5.11 Å². The fraction of sp³-hybridized carbons (Fsp3) is 0.238. The van der Waals surface area contributed by atoms with Crippen molar-refractivity contribution in [1.29, 1.82) is 0 Å². The summed E-state index contributed by atoms with van der Waals surface area (Å²) in [5, 5.41) is 14.9. The maximum Gasteiger partial charge on any atom is 0.269 e. The van der Waals surface area contributed by atoms with Gasteiger partial charge in [0.2, 0.25) is 0 Å². The van der Waals surface area contributed by atoms with Crippen molar-refractivity contribution in [2.45, 2.75) is 25.4 Å². The zero-order chi connectivity index (χ0) is 20.4. The van der Waals surface area contributed by atoms with Gasteiger partial charge in [0.1, 0.15) is 17.6 Å². The Hall–Kier alpha value is -3.26. The summed E-state index contributed by atoms with van der Waals surface area (Å²) in [4.78, 5) is 17.1. The number of nitrogens with one attached hydrogen (secondary N) is 1. The molecule has 1 fully saturated rings. The molecule has 7 nitrogen and oxygen atoms in total. The quantitative estimate of drug-likeness (QED) is 0.361. The molecule has 1 aliphatic heterocycles. The second-order valence-corrected chi connectivity index (χ2v) is 7.21. The number of benzene rings is 1. The normalized spacial score (nSPS) is 18.7. The van der Waals surface area contributed by atoms with E-state index < -0.39 is 4.92 Å². The largest absolute Gasteiger partial charge is 0.459 e. The Labute approximate surface area is 173 Å². The third-order valence-electron chi connectivity index (χ3n) is 4.94. The number of nitro groups is 1. The van der Waals surface area contributed by atoms with Crippen LogP contribution in [0.5, 0.6) is 0 Å². The third-order valence-corrected chi connectivity index (χ3v) is 5.30. The molecule has 2 atom stereocenters. The molecule has 0 unspecified atom stereocenters. The van der Waals surface area contributed by atoms with Gasteiger partial charge in [-0.1, -0.05) is 13.0 Å². The van der Waals surface area contributed by atoms with Gasteiger partial charge >= 0.3 is 0 Å². The van der Waals surface area contributed by atoms with Crippen molar-refractivity contribution < 1.29 is 9.34 Å². The Morgan fingerprint density at radius 1 is 1.21 bits per heavy atom. The number of hydrogen-bond donors (Lipinski definition) is 1. The van der Waals surface area contributed by atoms with Crippen LogP contribution in [-0.4, -0.2) is 26.5 Å². The molecule has 2 aromatic heterocycles. The summed E-state index contributed by atoms with van der Waals surface area (Å²) in [6, 6.07) is 15.7. The molecule has 4 rings (SSSR count). The molecular weight excluding hydrogens is 388 g/mol. The summed E-state index contributed by atoms with van der Waals surface area (Å²) in [5.74, 6) is 1.43. The Morgan fingerprint density at radius 2 is 2.00 bits per heavy atom. The number of pyridine rings is 1. The standard InChI is InChI=1S/C21H20N4O3S/c1-2-13-24-20(19(23-21(24)29)16-5-3-4-12-22-16)18-11-10-17(28-18)14-6-8-15(9-7-14)25(26)27/h3-12,19-20H,2,13H2,1H3,(H,23,29)/t19-,20-/m1/s1. The number of thiocarbonyl (C=S) groups is 1. The van der Waals surface area contributed by atoms with Crippen LogP contribution in [0.3, 0.4) is 0 Å². The highest BCUT2D eigenvalue weighted by atomic mass is 32.1. The van der Waals surface area contributed by atoms with E-state index in [0.29, 0.717) is 10.9 Å². The van der Waals surface area contributed by atoms with Crippen molar-refractivity contribution in [2.24, 2.45) is 0 Å². The molecule has 1 N–H and O–H groups in total. The van der Waals surface area contributed by atoms with Gasteiger partial charge in [0.05, 0.1) is 16.7 Å². The van der Waals surface area contributed by atoms with Crippen LogP contribution in [0.1, 0.15) is 36.9 Å². The Morgan fingerprint density at radius 3 is 2.66 bits per heavy atom. The highest BCUT2D eigenvalue weighted by Gasteiger charge is 2.41. The maximum atomic E-state index is 10.9. The number of furan rings is 1. The minimum Gasteiger partial charge on any atom is -0.459 e. The smallest absolute Gasteiger partial charge is 0.269 e. The Balaban J connectivity index is 1.68. The summed E-state index contributed by atoms with van der Waals surface area (Å²) in [5.41, 5.74) is 1.73. The number of nitro benzene ring substituents is 1. The zero-order valence-corrected chi connectivity index (χ0v) is 16.6. The van der Waals surface area contributed by atoms with Gasteiger partial charge in [-0.3, -0.25) is 15.1 Å². The van der Waals surface area contributed by atoms with Crippen molar-refractivity contribution in [3.8, 4) is 11.3 Å². The lowest BCUT2D eigenvalue weighted by atomic mass is 10.0. The van der Waals surface area contributed by atoms with E-state index in [0.717, 1.165) is 30.0 Å². The molecule has 1 aromatic carbocycles. The number of rotatable bonds is 6. The van der Waals surface area contributed by atoms with Gasteiger partial charge in [0, 0.05) is 30.4 Å². The first-order chi connectivity index (χ1) is 14.1. The van der Waals surface area contributed by atoms with Crippen LogP contribution >= 0.6 is 12.2 Å². The van der Waals surface area contributed by atoms with Gasteiger partial charge < -0.3 is 14.6 Å².